The first-order valence-electron chi connectivity index (χ1n) is 8.40. The zero-order valence-electron chi connectivity index (χ0n) is 15.0. The van der Waals surface area contributed by atoms with Gasteiger partial charge >= 0.3 is 12.1 Å². The average Bonchev–Trinajstić information content (AvgIpc) is 3.05. The number of esters is 1. The van der Waals surface area contributed by atoms with Gasteiger partial charge in [0.2, 0.25) is 5.91 Å². The van der Waals surface area contributed by atoms with E-state index >= 15 is 0 Å². The Morgan fingerprint density at radius 1 is 1.16 bits per heavy atom. The van der Waals surface area contributed by atoms with Crippen LogP contribution in [0.15, 0.2) is 18.2 Å². The van der Waals surface area contributed by atoms with Crippen molar-refractivity contribution in [1.29, 1.82) is 0 Å². The Hall–Kier alpha value is -2.37. The molecular weight excluding hydrogens is 322 g/mol. The van der Waals surface area contributed by atoms with E-state index in [0.717, 1.165) is 11.1 Å². The maximum absolute atomic E-state index is 12.9. The minimum atomic E-state index is -0.638. The lowest BCUT2D eigenvalue weighted by Crippen LogP contribution is -2.41. The predicted octanol–water partition coefficient (Wildman–Crippen LogP) is 2.73. The van der Waals surface area contributed by atoms with E-state index in [2.05, 4.69) is 0 Å². The highest BCUT2D eigenvalue weighted by Gasteiger charge is 2.52. The van der Waals surface area contributed by atoms with Gasteiger partial charge < -0.3 is 9.47 Å². The van der Waals surface area contributed by atoms with E-state index in [1.165, 1.54) is 12.0 Å². The Balaban J connectivity index is 1.79. The highest BCUT2D eigenvalue weighted by atomic mass is 16.6. The van der Waals surface area contributed by atoms with Crippen molar-refractivity contribution in [3.63, 3.8) is 0 Å². The second-order valence-corrected chi connectivity index (χ2v) is 7.80. The van der Waals surface area contributed by atoms with Crippen LogP contribution >= 0.6 is 0 Å². The normalized spacial score (nSPS) is 22.2. The van der Waals surface area contributed by atoms with Gasteiger partial charge in [0.25, 0.3) is 0 Å². The van der Waals surface area contributed by atoms with Gasteiger partial charge in [-0.3, -0.25) is 4.79 Å². The van der Waals surface area contributed by atoms with Crippen molar-refractivity contribution < 1.29 is 23.9 Å². The van der Waals surface area contributed by atoms with Crippen molar-refractivity contribution in [2.75, 3.05) is 13.7 Å². The second kappa shape index (κ2) is 5.86. The molecule has 0 aromatic heterocycles. The molecule has 1 aromatic rings. The SMILES string of the molecule is COC(=O)c1ccc2c(c1)C[C@@]1(CCN(C(=O)OC(C)(C)C)C1=O)C2. The van der Waals surface area contributed by atoms with Crippen LogP contribution in [0.3, 0.4) is 0 Å². The zero-order chi connectivity index (χ0) is 18.4. The minimum Gasteiger partial charge on any atom is -0.465 e. The first-order valence-corrected chi connectivity index (χ1v) is 8.40. The van der Waals surface area contributed by atoms with Crippen LogP contribution in [0.25, 0.3) is 0 Å². The summed E-state index contributed by atoms with van der Waals surface area (Å²) in [4.78, 5) is 38.1. The number of benzene rings is 1. The maximum Gasteiger partial charge on any atom is 0.417 e. The van der Waals surface area contributed by atoms with Crippen molar-refractivity contribution in [3.05, 3.63) is 34.9 Å². The fourth-order valence-electron chi connectivity index (χ4n) is 3.64. The molecule has 1 aliphatic carbocycles. The van der Waals surface area contributed by atoms with Gasteiger partial charge in [-0.15, -0.1) is 0 Å². The molecular formula is C19H23NO5. The van der Waals surface area contributed by atoms with Crippen molar-refractivity contribution in [2.45, 2.75) is 45.6 Å². The molecule has 0 bridgehead atoms. The summed E-state index contributed by atoms with van der Waals surface area (Å²) >= 11 is 0. The molecule has 1 fully saturated rings. The van der Waals surface area contributed by atoms with Crippen LogP contribution in [0, 0.1) is 5.41 Å². The molecule has 0 unspecified atom stereocenters. The fraction of sp³-hybridized carbons (Fsp3) is 0.526. The van der Waals surface area contributed by atoms with Gasteiger partial charge in [-0.2, -0.15) is 0 Å². The summed E-state index contributed by atoms with van der Waals surface area (Å²) < 4.78 is 10.1. The second-order valence-electron chi connectivity index (χ2n) is 7.80. The van der Waals surface area contributed by atoms with Gasteiger partial charge in [-0.25, -0.2) is 14.5 Å². The molecule has 134 valence electrons. The summed E-state index contributed by atoms with van der Waals surface area (Å²) in [6.45, 7) is 5.70. The Labute approximate surface area is 147 Å². The number of carbonyl (C=O) groups is 3. The van der Waals surface area contributed by atoms with Gasteiger partial charge in [0.15, 0.2) is 0 Å². The Kier molecular flexibility index (Phi) is 4.09. The lowest BCUT2D eigenvalue weighted by molar-refractivity contribution is -0.134. The first kappa shape index (κ1) is 17.5. The predicted molar refractivity (Wildman–Crippen MR) is 90.2 cm³/mol. The van der Waals surface area contributed by atoms with Gasteiger partial charge in [0, 0.05) is 6.54 Å². The minimum absolute atomic E-state index is 0.183. The van der Waals surface area contributed by atoms with E-state index in [-0.39, 0.29) is 5.91 Å². The summed E-state index contributed by atoms with van der Waals surface area (Å²) in [5.74, 6) is -0.575. The largest absolute Gasteiger partial charge is 0.465 e. The van der Waals surface area contributed by atoms with Gasteiger partial charge in [0.1, 0.15) is 5.60 Å². The third kappa shape index (κ3) is 3.13. The van der Waals surface area contributed by atoms with Crippen molar-refractivity contribution in [3.8, 4) is 0 Å². The molecule has 6 nitrogen and oxygen atoms in total. The molecule has 0 radical (unpaired) electrons. The molecule has 2 aliphatic rings. The number of amides is 2. The van der Waals surface area contributed by atoms with Crippen LogP contribution in [0.5, 0.6) is 0 Å². The van der Waals surface area contributed by atoms with E-state index in [1.807, 2.05) is 6.07 Å². The quantitative estimate of drug-likeness (QED) is 0.732. The molecule has 1 aliphatic heterocycles. The molecule has 6 heteroatoms. The van der Waals surface area contributed by atoms with Gasteiger partial charge in [-0.1, -0.05) is 6.07 Å². The number of ether oxygens (including phenoxy) is 2. The van der Waals surface area contributed by atoms with Crippen LogP contribution in [0.4, 0.5) is 4.79 Å². The lowest BCUT2D eigenvalue weighted by Gasteiger charge is -2.25. The highest BCUT2D eigenvalue weighted by molar-refractivity contribution is 5.98. The number of methoxy groups -OCH3 is 1. The first-order chi connectivity index (χ1) is 11.6. The summed E-state index contributed by atoms with van der Waals surface area (Å²) in [7, 11) is 1.34. The van der Waals surface area contributed by atoms with E-state index in [1.54, 1.807) is 32.9 Å². The summed E-state index contributed by atoms with van der Waals surface area (Å²) in [5.41, 5.74) is 1.26. The summed E-state index contributed by atoms with van der Waals surface area (Å²) in [5, 5.41) is 0. The summed E-state index contributed by atoms with van der Waals surface area (Å²) in [6, 6.07) is 5.38. The molecule has 1 atom stereocenters. The van der Waals surface area contributed by atoms with Gasteiger partial charge in [-0.05, 0) is 63.3 Å². The highest BCUT2D eigenvalue weighted by Crippen LogP contribution is 2.45. The number of rotatable bonds is 1. The summed E-state index contributed by atoms with van der Waals surface area (Å²) in [6.07, 6.45) is 1.14. The smallest absolute Gasteiger partial charge is 0.417 e. The van der Waals surface area contributed by atoms with Crippen LogP contribution < -0.4 is 0 Å². The van der Waals surface area contributed by atoms with Crippen molar-refractivity contribution >= 4 is 18.0 Å². The standard InChI is InChI=1S/C19H23NO5/c1-18(2,3)25-17(23)20-8-7-19(16(20)22)10-13-6-5-12(15(21)24-4)9-14(13)11-19/h5-6,9H,7-8,10-11H2,1-4H3/t19-/m1/s1. The number of hydrogen-bond donors (Lipinski definition) is 0. The molecule has 1 aromatic carbocycles. The third-order valence-electron chi connectivity index (χ3n) is 4.81. The number of imide groups is 1. The van der Waals surface area contributed by atoms with E-state index in [0.29, 0.717) is 31.4 Å². The molecule has 2 amide bonds. The Bertz CT molecular complexity index is 749. The molecule has 1 spiro atoms. The molecule has 25 heavy (non-hydrogen) atoms. The molecule has 1 heterocycles. The Morgan fingerprint density at radius 3 is 2.48 bits per heavy atom. The topological polar surface area (TPSA) is 72.9 Å². The molecule has 0 N–H and O–H groups in total. The third-order valence-corrected chi connectivity index (χ3v) is 4.81. The Morgan fingerprint density at radius 2 is 1.84 bits per heavy atom. The lowest BCUT2D eigenvalue weighted by atomic mass is 9.83. The zero-order valence-corrected chi connectivity index (χ0v) is 15.0. The van der Waals surface area contributed by atoms with E-state index in [4.69, 9.17) is 9.47 Å². The number of hydrogen-bond acceptors (Lipinski definition) is 5. The average molecular weight is 345 g/mol. The van der Waals surface area contributed by atoms with E-state index in [9.17, 15) is 14.4 Å². The van der Waals surface area contributed by atoms with Crippen molar-refractivity contribution in [1.82, 2.24) is 4.90 Å². The van der Waals surface area contributed by atoms with E-state index < -0.39 is 23.1 Å². The van der Waals surface area contributed by atoms with Crippen LogP contribution in [-0.4, -0.2) is 42.1 Å². The van der Waals surface area contributed by atoms with Crippen LogP contribution in [0.1, 0.15) is 48.7 Å². The van der Waals surface area contributed by atoms with Gasteiger partial charge in [0.05, 0.1) is 18.1 Å². The molecule has 1 saturated heterocycles. The molecule has 0 saturated carbocycles. The monoisotopic (exact) mass is 345 g/mol. The van der Waals surface area contributed by atoms with Crippen molar-refractivity contribution in [2.24, 2.45) is 5.41 Å². The fourth-order valence-corrected chi connectivity index (χ4v) is 3.64. The molecule has 3 rings (SSSR count). The number of likely N-dealkylation sites (tertiary alicyclic amines) is 1. The van der Waals surface area contributed by atoms with Crippen LogP contribution in [-0.2, 0) is 27.1 Å². The number of nitrogens with zero attached hydrogens (tertiary/aromatic N) is 1. The number of fused-ring (bicyclic) bond motifs is 1. The number of carbonyl (C=O) groups excluding carboxylic acids is 3. The maximum atomic E-state index is 12.9. The van der Waals surface area contributed by atoms with Crippen LogP contribution in [0.2, 0.25) is 0 Å².